The lowest BCUT2D eigenvalue weighted by Crippen LogP contribution is -2.19. The summed E-state index contributed by atoms with van der Waals surface area (Å²) in [5.74, 6) is -0.303. The highest BCUT2D eigenvalue weighted by Gasteiger charge is 2.23. The molecule has 6 heteroatoms. The molecule has 0 unspecified atom stereocenters. The zero-order valence-electron chi connectivity index (χ0n) is 14.8. The van der Waals surface area contributed by atoms with Crippen molar-refractivity contribution in [1.82, 2.24) is 14.6 Å². The lowest BCUT2D eigenvalue weighted by molar-refractivity contribution is 0.628. The van der Waals surface area contributed by atoms with Gasteiger partial charge in [-0.25, -0.2) is 9.37 Å². The van der Waals surface area contributed by atoms with Gasteiger partial charge >= 0.3 is 0 Å². The summed E-state index contributed by atoms with van der Waals surface area (Å²) in [4.78, 5) is 20.3. The Hall–Kier alpha value is -3.12. The van der Waals surface area contributed by atoms with Crippen LogP contribution in [-0.2, 0) is 12.8 Å². The number of halogens is 1. The maximum atomic E-state index is 13.4. The maximum Gasteiger partial charge on any atom is 0.283 e. The summed E-state index contributed by atoms with van der Waals surface area (Å²) in [5.41, 5.74) is 3.01. The molecule has 0 saturated heterocycles. The van der Waals surface area contributed by atoms with E-state index in [1.807, 2.05) is 24.3 Å². The zero-order valence-corrected chi connectivity index (χ0v) is 15.6. The second-order valence-corrected chi connectivity index (χ2v) is 8.17. The molecule has 0 amide bonds. The molecule has 1 aliphatic rings. The Morgan fingerprint density at radius 2 is 1.79 bits per heavy atom. The Morgan fingerprint density at radius 1 is 1.00 bits per heavy atom. The first-order valence-electron chi connectivity index (χ1n) is 9.23. The molecule has 0 radical (unpaired) electrons. The van der Waals surface area contributed by atoms with Gasteiger partial charge in [0.2, 0.25) is 0 Å². The van der Waals surface area contributed by atoms with Crippen LogP contribution in [0.2, 0.25) is 0 Å². The van der Waals surface area contributed by atoms with Gasteiger partial charge in [0.1, 0.15) is 10.6 Å². The SMILES string of the molecule is O=c1c2c3c(sc2nc2c4ccccc4c(-c4ccc(F)cc4)nn12)CCC3. The quantitative estimate of drug-likeness (QED) is 0.390. The van der Waals surface area contributed by atoms with Gasteiger partial charge in [-0.15, -0.1) is 11.3 Å². The lowest BCUT2D eigenvalue weighted by atomic mass is 10.0. The molecule has 5 aromatic rings. The molecule has 136 valence electrons. The average molecular weight is 387 g/mol. The average Bonchev–Trinajstić information content (AvgIpc) is 3.29. The maximum absolute atomic E-state index is 13.4. The topological polar surface area (TPSA) is 47.3 Å². The van der Waals surface area contributed by atoms with Crippen LogP contribution in [-0.4, -0.2) is 14.6 Å². The number of nitrogens with zero attached hydrogens (tertiary/aromatic N) is 3. The number of hydrogen-bond donors (Lipinski definition) is 0. The van der Waals surface area contributed by atoms with Gasteiger partial charge in [-0.2, -0.15) is 9.61 Å². The molecule has 28 heavy (non-hydrogen) atoms. The standard InChI is InChI=1S/C22H14FN3OS/c23-13-10-8-12(9-11-13)19-14-4-1-2-5-15(14)20-24-21-18(22(27)26(20)25-19)16-6-3-7-17(16)28-21/h1-2,4-5,8-11H,3,6-7H2. The Morgan fingerprint density at radius 3 is 2.61 bits per heavy atom. The van der Waals surface area contributed by atoms with Crippen molar-refractivity contribution in [2.24, 2.45) is 0 Å². The van der Waals surface area contributed by atoms with E-state index in [1.54, 1.807) is 23.5 Å². The summed E-state index contributed by atoms with van der Waals surface area (Å²) in [6.07, 6.45) is 3.04. The van der Waals surface area contributed by atoms with Crippen LogP contribution in [0.15, 0.2) is 53.3 Å². The van der Waals surface area contributed by atoms with Gasteiger partial charge in [0.15, 0.2) is 5.65 Å². The number of benzene rings is 2. The highest BCUT2D eigenvalue weighted by Crippen LogP contribution is 2.36. The number of rotatable bonds is 1. The van der Waals surface area contributed by atoms with Crippen LogP contribution in [0, 0.1) is 5.82 Å². The Balaban J connectivity index is 1.79. The van der Waals surface area contributed by atoms with E-state index in [2.05, 4.69) is 5.10 Å². The van der Waals surface area contributed by atoms with Gasteiger partial charge < -0.3 is 0 Å². The number of aromatic nitrogens is 3. The summed E-state index contributed by atoms with van der Waals surface area (Å²) in [5, 5.41) is 7.15. The van der Waals surface area contributed by atoms with Crippen LogP contribution in [0.5, 0.6) is 0 Å². The van der Waals surface area contributed by atoms with Crippen molar-refractivity contribution in [3.05, 3.63) is 75.1 Å². The number of fused-ring (bicyclic) bond motifs is 6. The molecule has 3 aromatic heterocycles. The second kappa shape index (κ2) is 5.69. The minimum absolute atomic E-state index is 0.117. The van der Waals surface area contributed by atoms with E-state index in [9.17, 15) is 9.18 Å². The second-order valence-electron chi connectivity index (χ2n) is 7.09. The van der Waals surface area contributed by atoms with Crippen molar-refractivity contribution in [2.75, 3.05) is 0 Å². The van der Waals surface area contributed by atoms with Crippen LogP contribution < -0.4 is 5.56 Å². The predicted molar refractivity (Wildman–Crippen MR) is 110 cm³/mol. The molecule has 0 aliphatic heterocycles. The van der Waals surface area contributed by atoms with E-state index in [0.29, 0.717) is 16.7 Å². The zero-order chi connectivity index (χ0) is 18.8. The van der Waals surface area contributed by atoms with E-state index >= 15 is 0 Å². The third kappa shape index (κ3) is 2.12. The summed E-state index contributed by atoms with van der Waals surface area (Å²) in [7, 11) is 0. The van der Waals surface area contributed by atoms with Gasteiger partial charge in [-0.1, -0.05) is 24.3 Å². The summed E-state index contributed by atoms with van der Waals surface area (Å²) >= 11 is 1.63. The molecule has 2 aromatic carbocycles. The van der Waals surface area contributed by atoms with E-state index in [-0.39, 0.29) is 11.4 Å². The Labute approximate surface area is 162 Å². The van der Waals surface area contributed by atoms with Crippen molar-refractivity contribution in [3.63, 3.8) is 0 Å². The van der Waals surface area contributed by atoms with Crippen molar-refractivity contribution in [2.45, 2.75) is 19.3 Å². The van der Waals surface area contributed by atoms with Crippen LogP contribution in [0.1, 0.15) is 16.9 Å². The first-order valence-corrected chi connectivity index (χ1v) is 10.0. The summed E-state index contributed by atoms with van der Waals surface area (Å²) < 4.78 is 14.8. The van der Waals surface area contributed by atoms with Gasteiger partial charge in [0.05, 0.1) is 11.1 Å². The van der Waals surface area contributed by atoms with Gasteiger partial charge in [0.25, 0.3) is 5.56 Å². The highest BCUT2D eigenvalue weighted by molar-refractivity contribution is 7.18. The Kier molecular flexibility index (Phi) is 3.23. The minimum Gasteiger partial charge on any atom is -0.267 e. The van der Waals surface area contributed by atoms with Crippen molar-refractivity contribution < 1.29 is 4.39 Å². The smallest absolute Gasteiger partial charge is 0.267 e. The molecule has 0 N–H and O–H groups in total. The fraction of sp³-hybridized carbons (Fsp3) is 0.136. The van der Waals surface area contributed by atoms with Crippen LogP contribution >= 0.6 is 11.3 Å². The molecule has 3 heterocycles. The molecule has 0 saturated carbocycles. The minimum atomic E-state index is -0.303. The van der Waals surface area contributed by atoms with E-state index < -0.39 is 0 Å². The third-order valence-corrected chi connectivity index (χ3v) is 6.64. The molecule has 0 atom stereocenters. The predicted octanol–water partition coefficient (Wildman–Crippen LogP) is 4.75. The lowest BCUT2D eigenvalue weighted by Gasteiger charge is -2.10. The fourth-order valence-corrected chi connectivity index (χ4v) is 5.41. The fourth-order valence-electron chi connectivity index (χ4n) is 4.16. The first-order chi connectivity index (χ1) is 13.7. The monoisotopic (exact) mass is 387 g/mol. The van der Waals surface area contributed by atoms with E-state index in [1.165, 1.54) is 21.5 Å². The molecule has 6 rings (SSSR count). The largest absolute Gasteiger partial charge is 0.283 e. The van der Waals surface area contributed by atoms with Gasteiger partial charge in [-0.05, 0) is 49.1 Å². The van der Waals surface area contributed by atoms with Gasteiger partial charge in [-0.3, -0.25) is 4.79 Å². The van der Waals surface area contributed by atoms with Gasteiger partial charge in [0, 0.05) is 21.2 Å². The first kappa shape index (κ1) is 15.9. The van der Waals surface area contributed by atoms with E-state index in [4.69, 9.17) is 4.98 Å². The highest BCUT2D eigenvalue weighted by atomic mass is 32.1. The molecule has 0 fully saturated rings. The molecular weight excluding hydrogens is 373 g/mol. The van der Waals surface area contributed by atoms with Crippen molar-refractivity contribution in [3.8, 4) is 11.3 Å². The summed E-state index contributed by atoms with van der Waals surface area (Å²) in [6.45, 7) is 0. The third-order valence-electron chi connectivity index (χ3n) is 5.46. The molecular formula is C22H14FN3OS. The van der Waals surface area contributed by atoms with Crippen LogP contribution in [0.3, 0.4) is 0 Å². The molecule has 4 nitrogen and oxygen atoms in total. The van der Waals surface area contributed by atoms with Crippen molar-refractivity contribution >= 4 is 38.0 Å². The molecule has 1 aliphatic carbocycles. The van der Waals surface area contributed by atoms with Crippen molar-refractivity contribution in [1.29, 1.82) is 0 Å². The van der Waals surface area contributed by atoms with E-state index in [0.717, 1.165) is 46.0 Å². The van der Waals surface area contributed by atoms with Crippen LogP contribution in [0.25, 0.3) is 37.9 Å². The molecule has 0 bridgehead atoms. The molecule has 0 spiro atoms. The number of aryl methyl sites for hydroxylation is 2. The Bertz CT molecular complexity index is 1470. The summed E-state index contributed by atoms with van der Waals surface area (Å²) in [6, 6.07) is 14.0. The normalized spacial score (nSPS) is 13.6. The number of hydrogen-bond acceptors (Lipinski definition) is 4. The number of thiophene rings is 1. The van der Waals surface area contributed by atoms with Crippen LogP contribution in [0.4, 0.5) is 4.39 Å².